The van der Waals surface area contributed by atoms with Crippen LogP contribution in [-0.2, 0) is 0 Å². The van der Waals surface area contributed by atoms with E-state index in [-0.39, 0.29) is 0 Å². The van der Waals surface area contributed by atoms with Crippen molar-refractivity contribution in [1.82, 2.24) is 15.0 Å². The Morgan fingerprint density at radius 1 is 1.44 bits per heavy atom. The highest BCUT2D eigenvalue weighted by molar-refractivity contribution is 5.79. The molecular formula is C11H16N5O2+. The van der Waals surface area contributed by atoms with E-state index >= 15 is 0 Å². The van der Waals surface area contributed by atoms with Crippen LogP contribution in [0.4, 0.5) is 5.82 Å². The molecule has 0 unspecified atom stereocenters. The van der Waals surface area contributed by atoms with E-state index in [0.717, 1.165) is 12.3 Å². The number of nitrogens with zero attached hydrogens (tertiary/aromatic N) is 2. The van der Waals surface area contributed by atoms with Crippen molar-refractivity contribution in [1.29, 1.82) is 0 Å². The molecule has 0 atom stereocenters. The van der Waals surface area contributed by atoms with Gasteiger partial charge in [-0.15, -0.1) is 0 Å². The van der Waals surface area contributed by atoms with E-state index in [2.05, 4.69) is 19.9 Å². The minimum Gasteiger partial charge on any atom is -0.451 e. The molecule has 2 heterocycles. The highest BCUT2D eigenvalue weighted by atomic mass is 16.5. The summed E-state index contributed by atoms with van der Waals surface area (Å²) in [5, 5.41) is 0. The van der Waals surface area contributed by atoms with Gasteiger partial charge in [0.05, 0.1) is 13.7 Å². The van der Waals surface area contributed by atoms with Crippen LogP contribution in [-0.4, -0.2) is 28.7 Å². The molecule has 1 aliphatic carbocycles. The SMILES string of the molecule is COc1[nH]c2c(N)nc(OCCC3CC3)nc2[nH+]1. The standard InChI is InChI=1S/C11H15N5O2/c1-17-10-13-7-8(12)14-11(16-9(7)15-10)18-5-4-6-2-3-6/h6H,2-5H2,1H3,(H3,12,13,14,15,16)/p+1. The number of nitrogen functional groups attached to an aromatic ring is 1. The molecule has 0 amide bonds. The van der Waals surface area contributed by atoms with Crippen molar-refractivity contribution >= 4 is 17.0 Å². The highest BCUT2D eigenvalue weighted by Crippen LogP contribution is 2.32. The number of hydrogen-bond acceptors (Lipinski definition) is 5. The first kappa shape index (κ1) is 11.1. The Labute approximate surface area is 104 Å². The third-order valence-electron chi connectivity index (χ3n) is 3.05. The third-order valence-corrected chi connectivity index (χ3v) is 3.05. The fourth-order valence-electron chi connectivity index (χ4n) is 1.81. The lowest BCUT2D eigenvalue weighted by Crippen LogP contribution is -2.08. The minimum absolute atomic E-state index is 0.304. The molecule has 1 aliphatic rings. The number of hydrogen-bond donors (Lipinski definition) is 2. The van der Waals surface area contributed by atoms with Gasteiger partial charge in [-0.3, -0.25) is 0 Å². The molecule has 0 radical (unpaired) electrons. The predicted octanol–water partition coefficient (Wildman–Crippen LogP) is 0.542. The number of nitrogens with one attached hydrogen (secondary N) is 2. The summed E-state index contributed by atoms with van der Waals surface area (Å²) in [5.74, 6) is 1.17. The number of nitrogens with two attached hydrogens (primary N) is 1. The Morgan fingerprint density at radius 3 is 3.00 bits per heavy atom. The molecule has 0 saturated heterocycles. The summed E-state index contributed by atoms with van der Waals surface area (Å²) >= 11 is 0. The van der Waals surface area contributed by atoms with Gasteiger partial charge in [0, 0.05) is 0 Å². The maximum atomic E-state index is 5.83. The predicted molar refractivity (Wildman–Crippen MR) is 64.2 cm³/mol. The largest absolute Gasteiger partial charge is 0.451 e. The van der Waals surface area contributed by atoms with Gasteiger partial charge in [-0.05, 0) is 17.3 Å². The van der Waals surface area contributed by atoms with Crippen LogP contribution in [0.15, 0.2) is 0 Å². The molecule has 96 valence electrons. The smallest absolute Gasteiger partial charge is 0.397 e. The van der Waals surface area contributed by atoms with Crippen molar-refractivity contribution in [3.63, 3.8) is 0 Å². The third kappa shape index (κ3) is 2.15. The summed E-state index contributed by atoms with van der Waals surface area (Å²) in [4.78, 5) is 14.2. The van der Waals surface area contributed by atoms with E-state index in [4.69, 9.17) is 15.2 Å². The molecule has 7 nitrogen and oxygen atoms in total. The summed E-state index contributed by atoms with van der Waals surface area (Å²) in [7, 11) is 1.55. The molecule has 2 aromatic heterocycles. The van der Waals surface area contributed by atoms with Crippen molar-refractivity contribution in [2.45, 2.75) is 19.3 Å². The van der Waals surface area contributed by atoms with Gasteiger partial charge >= 0.3 is 17.7 Å². The first-order chi connectivity index (χ1) is 8.76. The minimum atomic E-state index is 0.304. The molecule has 0 aliphatic heterocycles. The second-order valence-corrected chi connectivity index (χ2v) is 4.48. The van der Waals surface area contributed by atoms with Crippen molar-refractivity contribution in [3.8, 4) is 12.0 Å². The Hall–Kier alpha value is -2.05. The zero-order valence-corrected chi connectivity index (χ0v) is 10.2. The number of methoxy groups -OCH3 is 1. The summed E-state index contributed by atoms with van der Waals surface area (Å²) in [6.07, 6.45) is 3.68. The molecule has 1 fully saturated rings. The van der Waals surface area contributed by atoms with E-state index in [9.17, 15) is 0 Å². The van der Waals surface area contributed by atoms with Crippen LogP contribution in [0.5, 0.6) is 12.0 Å². The monoisotopic (exact) mass is 250 g/mol. The van der Waals surface area contributed by atoms with Gasteiger partial charge in [0.25, 0.3) is 0 Å². The molecule has 0 aromatic carbocycles. The Balaban J connectivity index is 1.78. The van der Waals surface area contributed by atoms with Gasteiger partial charge in [0.1, 0.15) is 0 Å². The number of ether oxygens (including phenoxy) is 2. The molecule has 2 aromatic rings. The van der Waals surface area contributed by atoms with Crippen molar-refractivity contribution < 1.29 is 14.5 Å². The van der Waals surface area contributed by atoms with Crippen LogP contribution in [0.1, 0.15) is 19.3 Å². The van der Waals surface area contributed by atoms with Gasteiger partial charge < -0.3 is 15.2 Å². The Morgan fingerprint density at radius 2 is 2.28 bits per heavy atom. The Bertz CT molecular complexity index is 564. The molecule has 7 heteroatoms. The number of anilines is 1. The average Bonchev–Trinajstić information content (AvgIpc) is 3.07. The maximum absolute atomic E-state index is 5.83. The van der Waals surface area contributed by atoms with Gasteiger partial charge in [-0.2, -0.15) is 4.98 Å². The quantitative estimate of drug-likeness (QED) is 0.806. The molecule has 18 heavy (non-hydrogen) atoms. The summed E-state index contributed by atoms with van der Waals surface area (Å²) in [6, 6.07) is 0.791. The molecule has 4 N–H and O–H groups in total. The van der Waals surface area contributed by atoms with Crippen LogP contribution in [0.2, 0.25) is 0 Å². The summed E-state index contributed by atoms with van der Waals surface area (Å²) in [6.45, 7) is 0.636. The second kappa shape index (κ2) is 4.32. The molecule has 0 bridgehead atoms. The Kier molecular flexibility index (Phi) is 2.66. The average molecular weight is 250 g/mol. The maximum Gasteiger partial charge on any atom is 0.397 e. The summed E-state index contributed by atoms with van der Waals surface area (Å²) < 4.78 is 10.6. The number of fused-ring (bicyclic) bond motifs is 1. The normalized spacial score (nSPS) is 14.9. The van der Waals surface area contributed by atoms with E-state index < -0.39 is 0 Å². The van der Waals surface area contributed by atoms with Gasteiger partial charge in [0.15, 0.2) is 5.82 Å². The van der Waals surface area contributed by atoms with E-state index in [1.807, 2.05) is 0 Å². The highest BCUT2D eigenvalue weighted by Gasteiger charge is 2.22. The zero-order chi connectivity index (χ0) is 12.5. The second-order valence-electron chi connectivity index (χ2n) is 4.48. The van der Waals surface area contributed by atoms with E-state index in [1.165, 1.54) is 12.8 Å². The van der Waals surface area contributed by atoms with Gasteiger partial charge in [-0.1, -0.05) is 12.8 Å². The van der Waals surface area contributed by atoms with Crippen molar-refractivity contribution in [3.05, 3.63) is 0 Å². The van der Waals surface area contributed by atoms with Crippen LogP contribution < -0.4 is 20.2 Å². The lowest BCUT2D eigenvalue weighted by molar-refractivity contribution is -0.364. The number of rotatable bonds is 5. The van der Waals surface area contributed by atoms with Crippen molar-refractivity contribution in [2.24, 2.45) is 5.92 Å². The number of H-pyrrole nitrogens is 2. The van der Waals surface area contributed by atoms with Crippen LogP contribution in [0.25, 0.3) is 11.2 Å². The molecule has 1 saturated carbocycles. The topological polar surface area (TPSA) is 100 Å². The van der Waals surface area contributed by atoms with E-state index in [1.54, 1.807) is 7.11 Å². The van der Waals surface area contributed by atoms with Gasteiger partial charge in [0.2, 0.25) is 5.52 Å². The zero-order valence-electron chi connectivity index (χ0n) is 10.2. The molecule has 0 spiro atoms. The molecular weight excluding hydrogens is 234 g/mol. The lowest BCUT2D eigenvalue weighted by Gasteiger charge is -2.00. The van der Waals surface area contributed by atoms with Crippen LogP contribution >= 0.6 is 0 Å². The van der Waals surface area contributed by atoms with E-state index in [0.29, 0.717) is 35.6 Å². The number of imidazole rings is 1. The lowest BCUT2D eigenvalue weighted by atomic mass is 10.3. The number of aromatic amines is 2. The first-order valence-electron chi connectivity index (χ1n) is 6.01. The fraction of sp³-hybridized carbons (Fsp3) is 0.545. The summed E-state index contributed by atoms with van der Waals surface area (Å²) in [5.41, 5.74) is 7.04. The number of aromatic nitrogens is 4. The molecule has 3 rings (SSSR count). The van der Waals surface area contributed by atoms with Crippen LogP contribution in [0, 0.1) is 5.92 Å². The van der Waals surface area contributed by atoms with Gasteiger partial charge in [-0.25, -0.2) is 9.97 Å². The fourth-order valence-corrected chi connectivity index (χ4v) is 1.81. The van der Waals surface area contributed by atoms with Crippen molar-refractivity contribution in [2.75, 3.05) is 19.5 Å². The van der Waals surface area contributed by atoms with Crippen LogP contribution in [0.3, 0.4) is 0 Å². The first-order valence-corrected chi connectivity index (χ1v) is 6.01.